The summed E-state index contributed by atoms with van der Waals surface area (Å²) < 4.78 is 9.94. The molecule has 1 N–H and O–H groups in total. The van der Waals surface area contributed by atoms with Crippen LogP contribution in [0.25, 0.3) is 10.9 Å². The predicted molar refractivity (Wildman–Crippen MR) is 125 cm³/mol. The monoisotopic (exact) mass is 461 g/mol. The number of H-pyrrole nitrogens is 1. The van der Waals surface area contributed by atoms with Crippen LogP contribution < -0.4 is 0 Å². The smallest absolute Gasteiger partial charge is 0.337 e. The molecule has 8 heteroatoms. The van der Waals surface area contributed by atoms with Gasteiger partial charge in [-0.2, -0.15) is 0 Å². The van der Waals surface area contributed by atoms with E-state index in [1.54, 1.807) is 29.0 Å². The number of fused-ring (bicyclic) bond motifs is 4. The molecule has 3 heterocycles. The molecule has 1 aromatic heterocycles. The van der Waals surface area contributed by atoms with Gasteiger partial charge in [-0.15, -0.1) is 0 Å². The van der Waals surface area contributed by atoms with Crippen molar-refractivity contribution in [1.82, 2.24) is 14.8 Å². The number of rotatable bonds is 6. The van der Waals surface area contributed by atoms with Crippen LogP contribution in [0.4, 0.5) is 0 Å². The molecule has 0 unspecified atom stereocenters. The molecule has 1 saturated heterocycles. The van der Waals surface area contributed by atoms with Gasteiger partial charge in [-0.3, -0.25) is 9.59 Å². The van der Waals surface area contributed by atoms with E-state index in [9.17, 15) is 14.4 Å². The molecule has 0 bridgehead atoms. The Morgan fingerprint density at radius 2 is 1.85 bits per heavy atom. The van der Waals surface area contributed by atoms with Gasteiger partial charge < -0.3 is 24.3 Å². The Morgan fingerprint density at radius 3 is 2.59 bits per heavy atom. The third-order valence-corrected chi connectivity index (χ3v) is 6.77. The van der Waals surface area contributed by atoms with Crippen molar-refractivity contribution in [3.8, 4) is 0 Å². The van der Waals surface area contributed by atoms with Crippen molar-refractivity contribution in [3.05, 3.63) is 70.9 Å². The zero-order chi connectivity index (χ0) is 23.8. The lowest BCUT2D eigenvalue weighted by Crippen LogP contribution is -2.63. The molecule has 0 radical (unpaired) electrons. The van der Waals surface area contributed by atoms with Crippen LogP contribution in [0.2, 0.25) is 0 Å². The first-order chi connectivity index (χ1) is 16.5. The standard InChI is InChI=1S/C26H27N3O5/c1-33-13-5-12-28-15-22(30)29-21(25(28)31)14-19-18-6-3-4-7-20(18)27-23(19)24(29)16-8-10-17(11-9-16)26(32)34-2/h3-4,6-11,21,24,27H,5,12-15H2,1-2H3/t21-,24-/m0/s1. The molecule has 2 amide bonds. The third-order valence-electron chi connectivity index (χ3n) is 6.77. The lowest BCUT2D eigenvalue weighted by atomic mass is 9.86. The van der Waals surface area contributed by atoms with Crippen LogP contribution in [0.1, 0.15) is 39.6 Å². The topological polar surface area (TPSA) is 91.9 Å². The summed E-state index contributed by atoms with van der Waals surface area (Å²) in [4.78, 5) is 45.8. The molecule has 3 aromatic rings. The first kappa shape index (κ1) is 22.2. The van der Waals surface area contributed by atoms with Crippen molar-refractivity contribution in [1.29, 1.82) is 0 Å². The molecule has 0 spiro atoms. The molecule has 5 rings (SSSR count). The van der Waals surface area contributed by atoms with E-state index in [4.69, 9.17) is 9.47 Å². The average Bonchev–Trinajstić information content (AvgIpc) is 3.24. The number of benzene rings is 2. The number of esters is 1. The summed E-state index contributed by atoms with van der Waals surface area (Å²) in [5, 5.41) is 1.06. The van der Waals surface area contributed by atoms with E-state index in [0.29, 0.717) is 31.6 Å². The van der Waals surface area contributed by atoms with Crippen LogP contribution in [-0.2, 0) is 25.5 Å². The molecular weight excluding hydrogens is 434 g/mol. The highest BCUT2D eigenvalue weighted by atomic mass is 16.5. The van der Waals surface area contributed by atoms with Crippen molar-refractivity contribution in [2.24, 2.45) is 0 Å². The van der Waals surface area contributed by atoms with Crippen LogP contribution in [-0.4, -0.2) is 72.5 Å². The van der Waals surface area contributed by atoms with Crippen molar-refractivity contribution >= 4 is 28.7 Å². The highest BCUT2D eigenvalue weighted by Gasteiger charge is 2.48. The minimum absolute atomic E-state index is 0.0391. The van der Waals surface area contributed by atoms with Crippen molar-refractivity contribution in [2.75, 3.05) is 33.9 Å². The number of nitrogens with one attached hydrogen (secondary N) is 1. The SMILES string of the molecule is COCCCN1CC(=O)N2[C@@H](c3ccc(C(=O)OC)cc3)c3[nH]c4ccccc4c3C[C@H]2C1=O. The Labute approximate surface area is 197 Å². The van der Waals surface area contributed by atoms with Gasteiger partial charge in [-0.1, -0.05) is 30.3 Å². The van der Waals surface area contributed by atoms with E-state index >= 15 is 0 Å². The minimum Gasteiger partial charge on any atom is -0.465 e. The maximum atomic E-state index is 13.5. The fourth-order valence-corrected chi connectivity index (χ4v) is 5.18. The maximum Gasteiger partial charge on any atom is 0.337 e. The number of piperazine rings is 1. The first-order valence-corrected chi connectivity index (χ1v) is 11.4. The van der Waals surface area contributed by atoms with Gasteiger partial charge in [-0.25, -0.2) is 4.79 Å². The van der Waals surface area contributed by atoms with Gasteiger partial charge in [0.25, 0.3) is 0 Å². The Kier molecular flexibility index (Phi) is 5.83. The molecule has 2 atom stereocenters. The predicted octanol–water partition coefficient (Wildman–Crippen LogP) is 2.68. The maximum absolute atomic E-state index is 13.5. The van der Waals surface area contributed by atoms with Crippen LogP contribution in [0.3, 0.4) is 0 Å². The van der Waals surface area contributed by atoms with Crippen LogP contribution in [0, 0.1) is 0 Å². The van der Waals surface area contributed by atoms with Gasteiger partial charge in [0.2, 0.25) is 11.8 Å². The second-order valence-electron chi connectivity index (χ2n) is 8.71. The molecule has 2 aliphatic rings. The Balaban J connectivity index is 1.59. The summed E-state index contributed by atoms with van der Waals surface area (Å²) in [6.45, 7) is 1.07. The van der Waals surface area contributed by atoms with E-state index in [1.807, 2.05) is 36.4 Å². The summed E-state index contributed by atoms with van der Waals surface area (Å²) in [6.07, 6.45) is 1.14. The zero-order valence-electron chi connectivity index (χ0n) is 19.2. The molecule has 2 aliphatic heterocycles. The van der Waals surface area contributed by atoms with Gasteiger partial charge in [0.05, 0.1) is 25.3 Å². The molecule has 176 valence electrons. The average molecular weight is 462 g/mol. The number of amides is 2. The van der Waals surface area contributed by atoms with Gasteiger partial charge in [0.15, 0.2) is 0 Å². The molecule has 0 saturated carbocycles. The van der Waals surface area contributed by atoms with E-state index in [1.165, 1.54) is 7.11 Å². The highest BCUT2D eigenvalue weighted by molar-refractivity contribution is 5.97. The number of hydrogen-bond donors (Lipinski definition) is 1. The number of para-hydroxylation sites is 1. The lowest BCUT2D eigenvalue weighted by Gasteiger charge is -2.47. The third kappa shape index (κ3) is 3.64. The summed E-state index contributed by atoms with van der Waals surface area (Å²) >= 11 is 0. The zero-order valence-corrected chi connectivity index (χ0v) is 19.2. The normalized spacial score (nSPS) is 19.8. The minimum atomic E-state index is -0.583. The van der Waals surface area contributed by atoms with Gasteiger partial charge >= 0.3 is 5.97 Å². The number of carbonyl (C=O) groups excluding carboxylic acids is 3. The number of nitrogens with zero attached hydrogens (tertiary/aromatic N) is 2. The van der Waals surface area contributed by atoms with E-state index in [-0.39, 0.29) is 18.4 Å². The second-order valence-corrected chi connectivity index (χ2v) is 8.71. The number of hydrogen-bond acceptors (Lipinski definition) is 5. The largest absolute Gasteiger partial charge is 0.465 e. The fraction of sp³-hybridized carbons (Fsp3) is 0.346. The quantitative estimate of drug-likeness (QED) is 0.450. The van der Waals surface area contributed by atoms with E-state index in [0.717, 1.165) is 27.7 Å². The molecule has 0 aliphatic carbocycles. The number of carbonyl (C=O) groups is 3. The molecule has 2 aromatic carbocycles. The number of methoxy groups -OCH3 is 2. The van der Waals surface area contributed by atoms with Crippen molar-refractivity contribution < 1.29 is 23.9 Å². The van der Waals surface area contributed by atoms with Crippen LogP contribution in [0.15, 0.2) is 48.5 Å². The number of ether oxygens (including phenoxy) is 2. The Bertz CT molecular complexity index is 1250. The Hall–Kier alpha value is -3.65. The first-order valence-electron chi connectivity index (χ1n) is 11.4. The van der Waals surface area contributed by atoms with E-state index in [2.05, 4.69) is 4.98 Å². The van der Waals surface area contributed by atoms with Crippen LogP contribution >= 0.6 is 0 Å². The summed E-state index contributed by atoms with van der Waals surface area (Å²) in [6, 6.07) is 14.0. The number of aromatic amines is 1. The van der Waals surface area contributed by atoms with Gasteiger partial charge in [-0.05, 0) is 35.7 Å². The van der Waals surface area contributed by atoms with Crippen molar-refractivity contribution in [2.45, 2.75) is 24.9 Å². The molecule has 34 heavy (non-hydrogen) atoms. The van der Waals surface area contributed by atoms with Crippen molar-refractivity contribution in [3.63, 3.8) is 0 Å². The number of aromatic nitrogens is 1. The highest BCUT2D eigenvalue weighted by Crippen LogP contribution is 2.42. The Morgan fingerprint density at radius 1 is 1.09 bits per heavy atom. The second kappa shape index (κ2) is 8.95. The van der Waals surface area contributed by atoms with Gasteiger partial charge in [0, 0.05) is 43.3 Å². The van der Waals surface area contributed by atoms with Gasteiger partial charge in [0.1, 0.15) is 6.04 Å². The fourth-order valence-electron chi connectivity index (χ4n) is 5.18. The van der Waals surface area contributed by atoms with E-state index < -0.39 is 18.1 Å². The van der Waals surface area contributed by atoms with Crippen LogP contribution in [0.5, 0.6) is 0 Å². The molecular formula is C26H27N3O5. The summed E-state index contributed by atoms with van der Waals surface area (Å²) in [5.41, 5.74) is 4.21. The summed E-state index contributed by atoms with van der Waals surface area (Å²) in [7, 11) is 2.97. The molecule has 8 nitrogen and oxygen atoms in total. The molecule has 1 fully saturated rings. The summed E-state index contributed by atoms with van der Waals surface area (Å²) in [5.74, 6) is -0.550. The lowest BCUT2D eigenvalue weighted by molar-refractivity contribution is -0.158.